The fourth-order valence-electron chi connectivity index (χ4n) is 2.83. The van der Waals surface area contributed by atoms with Crippen LogP contribution in [0.1, 0.15) is 52.2 Å². The molecule has 0 bridgehead atoms. The van der Waals surface area contributed by atoms with Crippen molar-refractivity contribution in [3.8, 4) is 5.75 Å². The second-order valence-electron chi connectivity index (χ2n) is 7.55. The van der Waals surface area contributed by atoms with Crippen LogP contribution in [0.5, 0.6) is 5.75 Å². The van der Waals surface area contributed by atoms with Crippen LogP contribution in [0.15, 0.2) is 18.2 Å². The van der Waals surface area contributed by atoms with Crippen molar-refractivity contribution >= 4 is 12.5 Å². The van der Waals surface area contributed by atoms with Crippen LogP contribution >= 0.6 is 0 Å². The van der Waals surface area contributed by atoms with Crippen molar-refractivity contribution in [3.05, 3.63) is 29.3 Å². The number of methoxy groups -OCH3 is 1. The number of rotatable bonds is 5. The number of nitrogens with one attached hydrogen (secondary N) is 1. The van der Waals surface area contributed by atoms with Crippen LogP contribution in [0.4, 0.5) is 4.79 Å². The first-order valence-corrected chi connectivity index (χ1v) is 9.57. The van der Waals surface area contributed by atoms with Gasteiger partial charge in [-0.1, -0.05) is 6.07 Å². The molecule has 0 aromatic heterocycles. The number of hydrogen-bond acceptors (Lipinski definition) is 4. The van der Waals surface area contributed by atoms with Gasteiger partial charge in [-0.25, -0.2) is 4.79 Å². The Morgan fingerprint density at radius 3 is 2.41 bits per heavy atom. The van der Waals surface area contributed by atoms with E-state index < -0.39 is 5.60 Å². The number of fused-ring (bicyclic) bond motifs is 1. The second kappa shape index (κ2) is 10.8. The minimum absolute atomic E-state index is 0.129. The molecule has 1 aliphatic carbocycles. The van der Waals surface area contributed by atoms with Gasteiger partial charge in [0.15, 0.2) is 0 Å². The highest BCUT2D eigenvalue weighted by Gasteiger charge is 2.23. The molecule has 0 saturated carbocycles. The Morgan fingerprint density at radius 1 is 1.26 bits per heavy atom. The summed E-state index contributed by atoms with van der Waals surface area (Å²) in [6.45, 7) is 11.2. The van der Waals surface area contributed by atoms with E-state index >= 15 is 0 Å². The monoisotopic (exact) mass is 378 g/mol. The minimum Gasteiger partial charge on any atom is -0.497 e. The van der Waals surface area contributed by atoms with Gasteiger partial charge < -0.3 is 19.7 Å². The Balaban J connectivity index is 0.000000445. The zero-order valence-corrected chi connectivity index (χ0v) is 17.5. The number of alkyl carbamates (subject to hydrolysis) is 1. The number of carbonyl (C=O) groups excluding carboxylic acids is 2. The third-order valence-electron chi connectivity index (χ3n) is 4.32. The minimum atomic E-state index is -0.458. The summed E-state index contributed by atoms with van der Waals surface area (Å²) in [5.74, 6) is 0.863. The van der Waals surface area contributed by atoms with Crippen molar-refractivity contribution in [2.45, 2.75) is 65.5 Å². The smallest absolute Gasteiger partial charge is 0.407 e. The molecule has 2 rings (SSSR count). The van der Waals surface area contributed by atoms with Gasteiger partial charge in [0.1, 0.15) is 11.4 Å². The molecule has 0 heterocycles. The Labute approximate surface area is 163 Å². The van der Waals surface area contributed by atoms with Gasteiger partial charge >= 0.3 is 6.09 Å². The zero-order valence-electron chi connectivity index (χ0n) is 17.5. The van der Waals surface area contributed by atoms with E-state index in [0.29, 0.717) is 0 Å². The molecule has 0 fully saturated rings. The summed E-state index contributed by atoms with van der Waals surface area (Å²) in [4.78, 5) is 23.4. The highest BCUT2D eigenvalue weighted by Crippen LogP contribution is 2.25. The van der Waals surface area contributed by atoms with E-state index in [1.54, 1.807) is 12.0 Å². The van der Waals surface area contributed by atoms with Gasteiger partial charge in [-0.3, -0.25) is 4.79 Å². The summed E-state index contributed by atoms with van der Waals surface area (Å²) < 4.78 is 10.5. The highest BCUT2D eigenvalue weighted by atomic mass is 16.6. The molecule has 0 saturated heterocycles. The van der Waals surface area contributed by atoms with Crippen LogP contribution in [0.2, 0.25) is 0 Å². The van der Waals surface area contributed by atoms with E-state index in [1.807, 2.05) is 40.7 Å². The van der Waals surface area contributed by atoms with Crippen LogP contribution in [-0.2, 0) is 22.4 Å². The third kappa shape index (κ3) is 8.33. The lowest BCUT2D eigenvalue weighted by atomic mass is 9.88. The van der Waals surface area contributed by atoms with E-state index in [4.69, 9.17) is 9.47 Å². The molecule has 1 aromatic rings. The van der Waals surface area contributed by atoms with Gasteiger partial charge in [-0.15, -0.1) is 0 Å². The molecule has 1 aromatic carbocycles. The van der Waals surface area contributed by atoms with Crippen molar-refractivity contribution in [3.63, 3.8) is 0 Å². The SMILES string of the molecule is CCN(C=O)CC.COc1ccc2c(c1)C[C@@H](NC(=O)OC(C)(C)C)CC2. The molecule has 6 nitrogen and oxygen atoms in total. The Morgan fingerprint density at radius 2 is 1.93 bits per heavy atom. The van der Waals surface area contributed by atoms with Gasteiger partial charge in [-0.2, -0.15) is 0 Å². The molecule has 0 spiro atoms. The standard InChI is InChI=1S/C16H23NO3.C5H11NO/c1-16(2,3)20-15(18)17-13-7-5-11-6-8-14(19-4)10-12(11)9-13;1-3-6(4-2)5-7/h6,8,10,13H,5,7,9H2,1-4H3,(H,17,18);5H,3-4H2,1-2H3/t13-;/m0./s1. The summed E-state index contributed by atoms with van der Waals surface area (Å²) in [6, 6.07) is 6.28. The van der Waals surface area contributed by atoms with Gasteiger partial charge in [0.25, 0.3) is 0 Å². The van der Waals surface area contributed by atoms with Crippen molar-refractivity contribution < 1.29 is 19.1 Å². The topological polar surface area (TPSA) is 67.9 Å². The molecule has 1 atom stereocenters. The molecule has 0 aliphatic heterocycles. The first-order chi connectivity index (χ1) is 12.7. The number of amides is 2. The van der Waals surface area contributed by atoms with E-state index in [9.17, 15) is 9.59 Å². The fraction of sp³-hybridized carbons (Fsp3) is 0.619. The molecule has 0 radical (unpaired) electrons. The molecule has 1 aliphatic rings. The average molecular weight is 379 g/mol. The molecular formula is C21H34N2O4. The van der Waals surface area contributed by atoms with Gasteiger partial charge in [0, 0.05) is 19.1 Å². The lowest BCUT2D eigenvalue weighted by molar-refractivity contribution is -0.117. The van der Waals surface area contributed by atoms with Crippen LogP contribution in [0.3, 0.4) is 0 Å². The summed E-state index contributed by atoms with van der Waals surface area (Å²) in [5.41, 5.74) is 2.13. The maximum absolute atomic E-state index is 11.8. The molecule has 2 amide bonds. The first kappa shape index (κ1) is 22.8. The number of carbonyl (C=O) groups is 2. The highest BCUT2D eigenvalue weighted by molar-refractivity contribution is 5.68. The Kier molecular flexibility index (Phi) is 9.12. The Hall–Kier alpha value is -2.24. The zero-order chi connectivity index (χ0) is 20.4. The quantitative estimate of drug-likeness (QED) is 0.796. The summed E-state index contributed by atoms with van der Waals surface area (Å²) in [5, 5.41) is 2.95. The predicted molar refractivity (Wildman–Crippen MR) is 107 cm³/mol. The largest absolute Gasteiger partial charge is 0.497 e. The van der Waals surface area contributed by atoms with Crippen LogP contribution < -0.4 is 10.1 Å². The molecule has 1 N–H and O–H groups in total. The third-order valence-corrected chi connectivity index (χ3v) is 4.32. The normalized spacial score (nSPS) is 15.6. The summed E-state index contributed by atoms with van der Waals surface area (Å²) in [6.07, 6.45) is 3.26. The van der Waals surface area contributed by atoms with Crippen molar-refractivity contribution in [1.82, 2.24) is 10.2 Å². The number of benzene rings is 1. The summed E-state index contributed by atoms with van der Waals surface area (Å²) in [7, 11) is 1.67. The summed E-state index contributed by atoms with van der Waals surface area (Å²) >= 11 is 0. The van der Waals surface area contributed by atoms with E-state index in [2.05, 4.69) is 17.4 Å². The molecule has 6 heteroatoms. The maximum atomic E-state index is 11.8. The van der Waals surface area contributed by atoms with E-state index in [0.717, 1.165) is 44.5 Å². The predicted octanol–water partition coefficient (Wildman–Crippen LogP) is 3.56. The fourth-order valence-corrected chi connectivity index (χ4v) is 2.83. The maximum Gasteiger partial charge on any atom is 0.407 e. The van der Waals surface area contributed by atoms with Crippen LogP contribution in [0.25, 0.3) is 0 Å². The number of nitrogens with zero attached hydrogens (tertiary/aromatic N) is 1. The molecule has 152 valence electrons. The van der Waals surface area contributed by atoms with Crippen molar-refractivity contribution in [2.75, 3.05) is 20.2 Å². The number of hydrogen-bond donors (Lipinski definition) is 1. The molecular weight excluding hydrogens is 344 g/mol. The second-order valence-corrected chi connectivity index (χ2v) is 7.55. The van der Waals surface area contributed by atoms with Gasteiger partial charge in [-0.05, 0) is 77.1 Å². The Bertz CT molecular complexity index is 607. The van der Waals surface area contributed by atoms with Crippen LogP contribution in [0, 0.1) is 0 Å². The molecule has 27 heavy (non-hydrogen) atoms. The van der Waals surface area contributed by atoms with E-state index in [1.165, 1.54) is 11.1 Å². The number of ether oxygens (including phenoxy) is 2. The first-order valence-electron chi connectivity index (χ1n) is 9.57. The lowest BCUT2D eigenvalue weighted by Crippen LogP contribution is -2.41. The van der Waals surface area contributed by atoms with Crippen molar-refractivity contribution in [2.24, 2.45) is 0 Å². The van der Waals surface area contributed by atoms with Crippen molar-refractivity contribution in [1.29, 1.82) is 0 Å². The van der Waals surface area contributed by atoms with E-state index in [-0.39, 0.29) is 12.1 Å². The average Bonchev–Trinajstić information content (AvgIpc) is 2.61. The van der Waals surface area contributed by atoms with Crippen LogP contribution in [-0.4, -0.2) is 49.2 Å². The number of aryl methyl sites for hydroxylation is 1. The molecule has 0 unspecified atom stereocenters. The van der Waals surface area contributed by atoms with Gasteiger partial charge in [0.2, 0.25) is 6.41 Å². The van der Waals surface area contributed by atoms with Gasteiger partial charge in [0.05, 0.1) is 7.11 Å². The lowest BCUT2D eigenvalue weighted by Gasteiger charge is -2.27.